The molecular formula is C26H34O3S. The summed E-state index contributed by atoms with van der Waals surface area (Å²) in [6, 6.07) is 6.69. The highest BCUT2D eigenvalue weighted by Crippen LogP contribution is 2.42. The quantitative estimate of drug-likeness (QED) is 0.239. The van der Waals surface area contributed by atoms with E-state index in [1.54, 1.807) is 18.3 Å². The summed E-state index contributed by atoms with van der Waals surface area (Å²) < 4.78 is 6.35. The summed E-state index contributed by atoms with van der Waals surface area (Å²) >= 11 is 1.65. The van der Waals surface area contributed by atoms with Crippen molar-refractivity contribution >= 4 is 23.4 Å². The van der Waals surface area contributed by atoms with Crippen LogP contribution >= 0.6 is 11.3 Å². The van der Waals surface area contributed by atoms with E-state index in [1.165, 1.54) is 17.2 Å². The molecule has 30 heavy (non-hydrogen) atoms. The second-order valence-electron chi connectivity index (χ2n) is 8.26. The van der Waals surface area contributed by atoms with Crippen LogP contribution in [0.2, 0.25) is 0 Å². The molecule has 0 aliphatic heterocycles. The highest BCUT2D eigenvalue weighted by atomic mass is 32.1. The molecule has 0 aliphatic rings. The number of rotatable bonds is 10. The van der Waals surface area contributed by atoms with Gasteiger partial charge in [0.25, 0.3) is 0 Å². The molecule has 1 aromatic carbocycles. The molecule has 2 aromatic rings. The molecule has 0 aliphatic carbocycles. The number of carboxylic acids is 1. The first kappa shape index (κ1) is 23.9. The number of aliphatic carboxylic acids is 1. The van der Waals surface area contributed by atoms with Gasteiger partial charge in [-0.05, 0) is 65.5 Å². The Bertz CT molecular complexity index is 916. The number of unbranched alkanes of at least 4 members (excludes halogenated alkanes) is 1. The standard InChI is InChI=1S/C26H34O3S/c1-7-8-12-29-26-22(18(4)5)15-20(17(2)3)16-23(26)21-11-13-30-24(21)10-9-19(6)14-25(27)28/h9-11,13-18H,7-8,12H2,1-6H3,(H,27,28)/b10-9+,19-14+. The van der Waals surface area contributed by atoms with E-state index in [-0.39, 0.29) is 0 Å². The lowest BCUT2D eigenvalue weighted by Crippen LogP contribution is -2.05. The van der Waals surface area contributed by atoms with E-state index in [1.807, 2.05) is 12.2 Å². The fourth-order valence-electron chi connectivity index (χ4n) is 3.24. The first-order chi connectivity index (χ1) is 14.2. The Morgan fingerprint density at radius 3 is 2.50 bits per heavy atom. The zero-order valence-corrected chi connectivity index (χ0v) is 19.8. The number of carboxylic acid groups (broad SMARTS) is 1. The van der Waals surface area contributed by atoms with Gasteiger partial charge in [-0.3, -0.25) is 0 Å². The fraction of sp³-hybridized carbons (Fsp3) is 0.423. The van der Waals surface area contributed by atoms with E-state index in [0.717, 1.165) is 34.6 Å². The van der Waals surface area contributed by atoms with Crippen LogP contribution in [0.15, 0.2) is 41.3 Å². The third-order valence-corrected chi connectivity index (χ3v) is 5.89. The van der Waals surface area contributed by atoms with Crippen LogP contribution in [0.4, 0.5) is 0 Å². The minimum atomic E-state index is -0.929. The molecule has 1 heterocycles. The number of hydrogen-bond donors (Lipinski definition) is 1. The second kappa shape index (κ2) is 11.2. The van der Waals surface area contributed by atoms with Crippen LogP contribution in [0.25, 0.3) is 17.2 Å². The van der Waals surface area contributed by atoms with Crippen molar-refractivity contribution < 1.29 is 14.6 Å². The Balaban J connectivity index is 2.61. The average Bonchev–Trinajstić information content (AvgIpc) is 3.14. The Labute approximate surface area is 185 Å². The molecule has 0 radical (unpaired) electrons. The van der Waals surface area contributed by atoms with Gasteiger partial charge in [0, 0.05) is 22.1 Å². The van der Waals surface area contributed by atoms with Crippen LogP contribution in [0, 0.1) is 0 Å². The van der Waals surface area contributed by atoms with Crippen LogP contribution in [-0.4, -0.2) is 17.7 Å². The van der Waals surface area contributed by atoms with E-state index in [0.29, 0.717) is 24.0 Å². The number of hydrogen-bond acceptors (Lipinski definition) is 3. The van der Waals surface area contributed by atoms with Gasteiger partial charge in [-0.15, -0.1) is 11.3 Å². The summed E-state index contributed by atoms with van der Waals surface area (Å²) in [4.78, 5) is 12.0. The molecule has 0 bridgehead atoms. The van der Waals surface area contributed by atoms with Crippen molar-refractivity contribution in [1.29, 1.82) is 0 Å². The summed E-state index contributed by atoms with van der Waals surface area (Å²) in [6.07, 6.45) is 7.20. The van der Waals surface area contributed by atoms with Crippen LogP contribution in [-0.2, 0) is 4.79 Å². The lowest BCUT2D eigenvalue weighted by atomic mass is 9.89. The minimum absolute atomic E-state index is 0.359. The van der Waals surface area contributed by atoms with Crippen molar-refractivity contribution in [2.45, 2.75) is 66.2 Å². The summed E-state index contributed by atoms with van der Waals surface area (Å²) in [5.74, 6) is 0.830. The average molecular weight is 427 g/mol. The maximum atomic E-state index is 10.9. The van der Waals surface area contributed by atoms with Gasteiger partial charge in [0.15, 0.2) is 0 Å². The predicted octanol–water partition coefficient (Wildman–Crippen LogP) is 7.88. The number of allylic oxidation sites excluding steroid dienone is 2. The molecule has 4 heteroatoms. The van der Waals surface area contributed by atoms with Crippen molar-refractivity contribution in [2.24, 2.45) is 0 Å². The Kier molecular flexibility index (Phi) is 8.91. The van der Waals surface area contributed by atoms with E-state index in [9.17, 15) is 4.79 Å². The number of carbonyl (C=O) groups is 1. The lowest BCUT2D eigenvalue weighted by Gasteiger charge is -2.21. The molecule has 0 amide bonds. The van der Waals surface area contributed by atoms with Gasteiger partial charge < -0.3 is 9.84 Å². The van der Waals surface area contributed by atoms with E-state index in [2.05, 4.69) is 58.2 Å². The molecule has 2 rings (SSSR count). The van der Waals surface area contributed by atoms with E-state index in [4.69, 9.17) is 9.84 Å². The monoisotopic (exact) mass is 426 g/mol. The molecule has 0 fully saturated rings. The molecular weight excluding hydrogens is 392 g/mol. The van der Waals surface area contributed by atoms with Crippen LogP contribution in [0.1, 0.15) is 82.2 Å². The van der Waals surface area contributed by atoms with Crippen molar-refractivity contribution in [1.82, 2.24) is 0 Å². The topological polar surface area (TPSA) is 46.5 Å². The molecule has 162 valence electrons. The van der Waals surface area contributed by atoms with Gasteiger partial charge in [-0.1, -0.05) is 53.2 Å². The highest BCUT2D eigenvalue weighted by Gasteiger charge is 2.19. The normalized spacial score (nSPS) is 12.3. The molecule has 0 saturated heterocycles. The molecule has 0 spiro atoms. The summed E-state index contributed by atoms with van der Waals surface area (Å²) in [5, 5.41) is 11.0. The summed E-state index contributed by atoms with van der Waals surface area (Å²) in [7, 11) is 0. The molecule has 1 aromatic heterocycles. The van der Waals surface area contributed by atoms with Gasteiger partial charge in [0.2, 0.25) is 0 Å². The van der Waals surface area contributed by atoms with Crippen LogP contribution in [0.5, 0.6) is 5.75 Å². The second-order valence-corrected chi connectivity index (χ2v) is 9.20. The Morgan fingerprint density at radius 2 is 1.90 bits per heavy atom. The maximum Gasteiger partial charge on any atom is 0.328 e. The van der Waals surface area contributed by atoms with Crippen LogP contribution < -0.4 is 4.74 Å². The van der Waals surface area contributed by atoms with Gasteiger partial charge in [-0.25, -0.2) is 4.79 Å². The molecule has 0 unspecified atom stereocenters. The molecule has 0 saturated carbocycles. The van der Waals surface area contributed by atoms with Crippen molar-refractivity contribution in [3.8, 4) is 16.9 Å². The van der Waals surface area contributed by atoms with Gasteiger partial charge >= 0.3 is 5.97 Å². The fourth-order valence-corrected chi connectivity index (χ4v) is 4.04. The molecule has 0 atom stereocenters. The van der Waals surface area contributed by atoms with Gasteiger partial charge in [0.1, 0.15) is 5.75 Å². The zero-order chi connectivity index (χ0) is 22.3. The van der Waals surface area contributed by atoms with Gasteiger partial charge in [-0.2, -0.15) is 0 Å². The molecule has 1 N–H and O–H groups in total. The lowest BCUT2D eigenvalue weighted by molar-refractivity contribution is -0.131. The summed E-state index contributed by atoms with van der Waals surface area (Å²) in [5.41, 5.74) is 5.52. The van der Waals surface area contributed by atoms with E-state index >= 15 is 0 Å². The minimum Gasteiger partial charge on any atom is -0.493 e. The van der Waals surface area contributed by atoms with Gasteiger partial charge in [0.05, 0.1) is 6.61 Å². The number of thiophene rings is 1. The van der Waals surface area contributed by atoms with Crippen molar-refractivity contribution in [2.75, 3.05) is 6.61 Å². The number of ether oxygens (including phenoxy) is 1. The van der Waals surface area contributed by atoms with Crippen LogP contribution in [0.3, 0.4) is 0 Å². The summed E-state index contributed by atoms with van der Waals surface area (Å²) in [6.45, 7) is 13.5. The predicted molar refractivity (Wildman–Crippen MR) is 129 cm³/mol. The third kappa shape index (κ3) is 6.33. The Hall–Kier alpha value is -2.33. The largest absolute Gasteiger partial charge is 0.493 e. The highest BCUT2D eigenvalue weighted by molar-refractivity contribution is 7.11. The SMILES string of the molecule is CCCCOc1c(-c2ccsc2/C=C/C(C)=C/C(=O)O)cc(C(C)C)cc1C(C)C. The Morgan fingerprint density at radius 1 is 1.17 bits per heavy atom. The molecule has 3 nitrogen and oxygen atoms in total. The maximum absolute atomic E-state index is 10.9. The first-order valence-corrected chi connectivity index (χ1v) is 11.6. The third-order valence-electron chi connectivity index (χ3n) is 5.01. The van der Waals surface area contributed by atoms with Crippen molar-refractivity contribution in [3.05, 3.63) is 57.3 Å². The van der Waals surface area contributed by atoms with Crippen molar-refractivity contribution in [3.63, 3.8) is 0 Å². The number of benzene rings is 1. The smallest absolute Gasteiger partial charge is 0.328 e. The first-order valence-electron chi connectivity index (χ1n) is 10.7. The van der Waals surface area contributed by atoms with E-state index < -0.39 is 5.97 Å². The zero-order valence-electron chi connectivity index (χ0n) is 19.0.